The molecule has 0 amide bonds. The Labute approximate surface area is 123 Å². The molecule has 7 nitrogen and oxygen atoms in total. The Morgan fingerprint density at radius 1 is 1.19 bits per heavy atom. The van der Waals surface area contributed by atoms with Crippen LogP contribution in [0.5, 0.6) is 11.5 Å². The highest BCUT2D eigenvalue weighted by Crippen LogP contribution is 2.35. The summed E-state index contributed by atoms with van der Waals surface area (Å²) < 4.78 is 5.23. The highest BCUT2D eigenvalue weighted by molar-refractivity contribution is 5.60. The Kier molecular flexibility index (Phi) is 4.32. The minimum absolute atomic E-state index is 0.234. The van der Waals surface area contributed by atoms with Crippen LogP contribution in [0.3, 0.4) is 0 Å². The van der Waals surface area contributed by atoms with Gasteiger partial charge in [0.15, 0.2) is 5.75 Å². The summed E-state index contributed by atoms with van der Waals surface area (Å²) in [4.78, 5) is 13.5. The summed E-state index contributed by atoms with van der Waals surface area (Å²) in [5.41, 5.74) is 15.6. The Hall–Kier alpha value is -2.70. The second-order valence-electron chi connectivity index (χ2n) is 4.80. The first kappa shape index (κ1) is 14.7. The fourth-order valence-electron chi connectivity index (χ4n) is 1.83. The Balaban J connectivity index is 2.24. The van der Waals surface area contributed by atoms with Crippen LogP contribution < -0.4 is 26.5 Å². The van der Waals surface area contributed by atoms with Gasteiger partial charge in [0.25, 0.3) is 5.95 Å². The number of benzene rings is 1. The molecule has 0 fully saturated rings. The summed E-state index contributed by atoms with van der Waals surface area (Å²) in [6.45, 7) is 4.10. The minimum Gasteiger partial charge on any atom is -0.495 e. The van der Waals surface area contributed by atoms with E-state index in [9.17, 15) is 0 Å². The second kappa shape index (κ2) is 6.17. The van der Waals surface area contributed by atoms with Crippen molar-refractivity contribution in [1.29, 1.82) is 0 Å². The van der Waals surface area contributed by atoms with Gasteiger partial charge in [-0.25, -0.2) is 4.98 Å². The lowest BCUT2D eigenvalue weighted by atomic mass is 10.0. The molecule has 0 aliphatic rings. The third kappa shape index (κ3) is 3.44. The zero-order valence-corrected chi connectivity index (χ0v) is 12.3. The van der Waals surface area contributed by atoms with Crippen molar-refractivity contribution in [3.05, 3.63) is 30.0 Å². The lowest BCUT2D eigenvalue weighted by molar-refractivity contribution is 0.387. The fraction of sp³-hybridized carbons (Fsp3) is 0.286. The predicted octanol–water partition coefficient (Wildman–Crippen LogP) is 2.18. The molecule has 1 aromatic carbocycles. The van der Waals surface area contributed by atoms with Gasteiger partial charge in [-0.3, -0.25) is 0 Å². The van der Waals surface area contributed by atoms with Crippen molar-refractivity contribution < 1.29 is 9.57 Å². The lowest BCUT2D eigenvalue weighted by Crippen LogP contribution is -2.11. The summed E-state index contributed by atoms with van der Waals surface area (Å²) in [6.07, 6.45) is 1.54. The predicted molar refractivity (Wildman–Crippen MR) is 82.2 cm³/mol. The van der Waals surface area contributed by atoms with Crippen molar-refractivity contribution in [2.24, 2.45) is 0 Å². The van der Waals surface area contributed by atoms with Gasteiger partial charge < -0.3 is 21.0 Å². The zero-order chi connectivity index (χ0) is 15.4. The van der Waals surface area contributed by atoms with Crippen LogP contribution in [0.1, 0.15) is 25.3 Å². The van der Waals surface area contributed by atoms with Crippen molar-refractivity contribution in [2.75, 3.05) is 24.1 Å². The monoisotopic (exact) mass is 289 g/mol. The molecule has 0 bridgehead atoms. The van der Waals surface area contributed by atoms with Crippen LogP contribution in [0, 0.1) is 0 Å². The van der Waals surface area contributed by atoms with Crippen molar-refractivity contribution in [3.8, 4) is 11.5 Å². The number of anilines is 3. The summed E-state index contributed by atoms with van der Waals surface area (Å²) in [5, 5.41) is 0. The number of hydrogen-bond acceptors (Lipinski definition) is 7. The zero-order valence-electron chi connectivity index (χ0n) is 12.3. The van der Waals surface area contributed by atoms with E-state index in [1.165, 1.54) is 0 Å². The van der Waals surface area contributed by atoms with Crippen molar-refractivity contribution in [1.82, 2.24) is 9.97 Å². The number of nitrogen functional groups attached to an aromatic ring is 2. The van der Waals surface area contributed by atoms with E-state index < -0.39 is 0 Å². The highest BCUT2D eigenvalue weighted by Gasteiger charge is 2.13. The third-order valence-electron chi connectivity index (χ3n) is 2.91. The van der Waals surface area contributed by atoms with Crippen LogP contribution in [0.15, 0.2) is 24.4 Å². The van der Waals surface area contributed by atoms with Crippen LogP contribution in [0.4, 0.5) is 17.5 Å². The second-order valence-corrected chi connectivity index (χ2v) is 4.80. The number of nitrogens with zero attached hydrogens (tertiary/aromatic N) is 2. The Morgan fingerprint density at radius 3 is 2.57 bits per heavy atom. The van der Waals surface area contributed by atoms with E-state index in [-0.39, 0.29) is 11.9 Å². The quantitative estimate of drug-likeness (QED) is 0.571. The van der Waals surface area contributed by atoms with Gasteiger partial charge in [-0.1, -0.05) is 13.8 Å². The van der Waals surface area contributed by atoms with E-state index in [1.807, 2.05) is 6.07 Å². The first-order valence-electron chi connectivity index (χ1n) is 6.50. The largest absolute Gasteiger partial charge is 0.495 e. The minimum atomic E-state index is 0.234. The number of nitrogens with one attached hydrogen (secondary N) is 1. The van der Waals surface area contributed by atoms with Gasteiger partial charge >= 0.3 is 0 Å². The number of ether oxygens (including phenoxy) is 1. The normalized spacial score (nSPS) is 10.5. The lowest BCUT2D eigenvalue weighted by Gasteiger charge is -2.16. The van der Waals surface area contributed by atoms with Crippen LogP contribution in [0.2, 0.25) is 0 Å². The van der Waals surface area contributed by atoms with Crippen LogP contribution in [-0.2, 0) is 0 Å². The molecule has 0 spiro atoms. The summed E-state index contributed by atoms with van der Waals surface area (Å²) in [6, 6.07) is 5.15. The van der Waals surface area contributed by atoms with Crippen molar-refractivity contribution in [2.45, 2.75) is 19.8 Å². The van der Waals surface area contributed by atoms with Crippen LogP contribution in [0.25, 0.3) is 0 Å². The number of aromatic nitrogens is 2. The summed E-state index contributed by atoms with van der Waals surface area (Å²) >= 11 is 0. The van der Waals surface area contributed by atoms with E-state index in [1.54, 1.807) is 25.4 Å². The molecule has 0 aliphatic heterocycles. The summed E-state index contributed by atoms with van der Waals surface area (Å²) in [5.74, 6) is 2.08. The van der Waals surface area contributed by atoms with Crippen molar-refractivity contribution >= 4 is 17.5 Å². The van der Waals surface area contributed by atoms with E-state index in [4.69, 9.17) is 21.0 Å². The molecule has 0 atom stereocenters. The van der Waals surface area contributed by atoms with Gasteiger partial charge in [0, 0.05) is 17.8 Å². The molecule has 0 saturated heterocycles. The molecular formula is C14H19N5O2. The molecule has 5 N–H and O–H groups in total. The molecule has 1 heterocycles. The van der Waals surface area contributed by atoms with Gasteiger partial charge in [0.05, 0.1) is 12.8 Å². The SMILES string of the molecule is COc1cc(C(C)C)c(ONc2nccc(N)n2)cc1N. The molecule has 112 valence electrons. The maximum Gasteiger partial charge on any atom is 0.258 e. The van der Waals surface area contributed by atoms with Crippen LogP contribution >= 0.6 is 0 Å². The molecule has 7 heteroatoms. The standard InChI is InChI=1S/C14H19N5O2/c1-8(2)9-6-12(20-3)10(15)7-11(9)21-19-14-17-5-4-13(16)18-14/h4-8H,15H2,1-3H3,(H3,16,17,18,19). The van der Waals surface area contributed by atoms with E-state index >= 15 is 0 Å². The molecule has 0 unspecified atom stereocenters. The molecule has 1 aromatic heterocycles. The van der Waals surface area contributed by atoms with Gasteiger partial charge in [0.1, 0.15) is 11.6 Å². The van der Waals surface area contributed by atoms with Gasteiger partial charge in [-0.05, 0) is 18.1 Å². The first-order valence-corrected chi connectivity index (χ1v) is 6.50. The van der Waals surface area contributed by atoms with Gasteiger partial charge in [-0.2, -0.15) is 10.5 Å². The third-order valence-corrected chi connectivity index (χ3v) is 2.91. The molecule has 2 rings (SSSR count). The van der Waals surface area contributed by atoms with E-state index in [2.05, 4.69) is 29.3 Å². The molecule has 2 aromatic rings. The first-order chi connectivity index (χ1) is 10.0. The molecule has 0 saturated carbocycles. The fourth-order valence-corrected chi connectivity index (χ4v) is 1.83. The van der Waals surface area contributed by atoms with Gasteiger partial charge in [0.2, 0.25) is 0 Å². The maximum absolute atomic E-state index is 5.91. The van der Waals surface area contributed by atoms with Gasteiger partial charge in [-0.15, -0.1) is 0 Å². The van der Waals surface area contributed by atoms with Crippen LogP contribution in [-0.4, -0.2) is 17.1 Å². The van der Waals surface area contributed by atoms with E-state index in [0.717, 1.165) is 5.56 Å². The Morgan fingerprint density at radius 2 is 1.95 bits per heavy atom. The average molecular weight is 289 g/mol. The molecule has 0 radical (unpaired) electrons. The number of rotatable bonds is 5. The molecule has 0 aliphatic carbocycles. The number of nitrogens with two attached hydrogens (primary N) is 2. The van der Waals surface area contributed by atoms with Crippen molar-refractivity contribution in [3.63, 3.8) is 0 Å². The van der Waals surface area contributed by atoms with E-state index in [0.29, 0.717) is 23.0 Å². The summed E-state index contributed by atoms with van der Waals surface area (Å²) in [7, 11) is 1.58. The Bertz CT molecular complexity index is 631. The topological polar surface area (TPSA) is 108 Å². The average Bonchev–Trinajstić information content (AvgIpc) is 2.45. The smallest absolute Gasteiger partial charge is 0.258 e. The number of hydrogen-bond donors (Lipinski definition) is 3. The highest BCUT2D eigenvalue weighted by atomic mass is 16.6. The number of methoxy groups -OCH3 is 1. The molecule has 21 heavy (non-hydrogen) atoms. The maximum atomic E-state index is 5.91. The molecular weight excluding hydrogens is 270 g/mol.